The Morgan fingerprint density at radius 3 is 2.94 bits per heavy atom. The minimum atomic E-state index is -0.248. The molecule has 0 aliphatic carbocycles. The lowest BCUT2D eigenvalue weighted by molar-refractivity contribution is 0.0510. The number of carbonyl (C=O) groups is 1. The van der Waals surface area contributed by atoms with Crippen molar-refractivity contribution in [3.8, 4) is 5.75 Å². The first kappa shape index (κ1) is 9.24. The average molecular weight is 229 g/mol. The fourth-order valence-electron chi connectivity index (χ4n) is 2.49. The van der Waals surface area contributed by atoms with Crippen LogP contribution in [0.15, 0.2) is 18.2 Å². The summed E-state index contributed by atoms with van der Waals surface area (Å²) in [5.74, 6) is 0.569. The average Bonchev–Trinajstić information content (AvgIpc) is 2.69. The number of hydrogen-bond donors (Lipinski definition) is 1. The number of rotatable bonds is 0. The Morgan fingerprint density at radius 1 is 1.29 bits per heavy atom. The van der Waals surface area contributed by atoms with Crippen LogP contribution in [-0.4, -0.2) is 24.7 Å². The van der Waals surface area contributed by atoms with Crippen LogP contribution in [0.4, 0.5) is 0 Å². The van der Waals surface area contributed by atoms with Gasteiger partial charge in [-0.1, -0.05) is 12.1 Å². The van der Waals surface area contributed by atoms with Crippen LogP contribution in [0, 0.1) is 0 Å². The molecular formula is C13H11NO3. The second kappa shape index (κ2) is 2.90. The fourth-order valence-corrected chi connectivity index (χ4v) is 2.49. The standard InChI is InChI=1S/C13H11NO3/c15-12-9-2-1-8-3-4-13(6-14-7-13)17-11(8)10(9)5-16-12/h1-4,14H,5-7H2. The van der Waals surface area contributed by atoms with E-state index in [0.717, 1.165) is 30.0 Å². The van der Waals surface area contributed by atoms with E-state index >= 15 is 0 Å². The first-order valence-corrected chi connectivity index (χ1v) is 5.69. The molecule has 1 aromatic rings. The van der Waals surface area contributed by atoms with E-state index in [0.29, 0.717) is 12.2 Å². The summed E-state index contributed by atoms with van der Waals surface area (Å²) in [6.07, 6.45) is 4.17. The summed E-state index contributed by atoms with van der Waals surface area (Å²) in [6, 6.07) is 3.73. The lowest BCUT2D eigenvalue weighted by Gasteiger charge is -2.42. The minimum Gasteiger partial charge on any atom is -0.479 e. The maximum absolute atomic E-state index is 11.5. The third kappa shape index (κ3) is 1.13. The SMILES string of the molecule is O=C1OCc2c1ccc1c2OC2(C=C1)CNC2. The molecule has 3 heterocycles. The molecule has 0 amide bonds. The Balaban J connectivity index is 1.87. The van der Waals surface area contributed by atoms with Crippen molar-refractivity contribution in [2.75, 3.05) is 13.1 Å². The molecule has 1 spiro atoms. The summed E-state index contributed by atoms with van der Waals surface area (Å²) in [6.45, 7) is 1.97. The minimum absolute atomic E-state index is 0.215. The van der Waals surface area contributed by atoms with E-state index in [1.165, 1.54) is 0 Å². The molecule has 0 unspecified atom stereocenters. The van der Waals surface area contributed by atoms with Gasteiger partial charge in [0, 0.05) is 24.2 Å². The highest BCUT2D eigenvalue weighted by Crippen LogP contribution is 2.39. The van der Waals surface area contributed by atoms with Crippen molar-refractivity contribution in [2.24, 2.45) is 0 Å². The van der Waals surface area contributed by atoms with E-state index < -0.39 is 0 Å². The molecule has 0 bridgehead atoms. The van der Waals surface area contributed by atoms with Crippen molar-refractivity contribution in [3.05, 3.63) is 34.9 Å². The highest BCUT2D eigenvalue weighted by Gasteiger charge is 2.41. The first-order valence-electron chi connectivity index (χ1n) is 5.69. The smallest absolute Gasteiger partial charge is 0.339 e. The van der Waals surface area contributed by atoms with Gasteiger partial charge in [0.25, 0.3) is 0 Å². The second-order valence-corrected chi connectivity index (χ2v) is 4.69. The highest BCUT2D eigenvalue weighted by atomic mass is 16.5. The number of cyclic esters (lactones) is 1. The Hall–Kier alpha value is -1.81. The van der Waals surface area contributed by atoms with Crippen LogP contribution in [-0.2, 0) is 11.3 Å². The number of nitrogens with one attached hydrogen (secondary N) is 1. The molecule has 1 aromatic carbocycles. The lowest BCUT2D eigenvalue weighted by atomic mass is 9.91. The largest absolute Gasteiger partial charge is 0.479 e. The number of benzene rings is 1. The van der Waals surface area contributed by atoms with E-state index in [-0.39, 0.29) is 11.6 Å². The highest BCUT2D eigenvalue weighted by molar-refractivity contribution is 5.95. The van der Waals surface area contributed by atoms with Crippen molar-refractivity contribution < 1.29 is 14.3 Å². The monoisotopic (exact) mass is 229 g/mol. The van der Waals surface area contributed by atoms with Crippen LogP contribution < -0.4 is 10.1 Å². The molecule has 3 aliphatic heterocycles. The molecule has 4 nitrogen and oxygen atoms in total. The summed E-state index contributed by atoms with van der Waals surface area (Å²) in [4.78, 5) is 11.5. The van der Waals surface area contributed by atoms with E-state index in [9.17, 15) is 4.79 Å². The van der Waals surface area contributed by atoms with Crippen molar-refractivity contribution >= 4 is 12.0 Å². The van der Waals surface area contributed by atoms with Crippen LogP contribution >= 0.6 is 0 Å². The molecule has 1 fully saturated rings. The van der Waals surface area contributed by atoms with Gasteiger partial charge in [-0.15, -0.1) is 0 Å². The Kier molecular flexibility index (Phi) is 1.58. The van der Waals surface area contributed by atoms with Crippen LogP contribution in [0.5, 0.6) is 5.75 Å². The molecule has 0 aromatic heterocycles. The Labute approximate surface area is 98.2 Å². The van der Waals surface area contributed by atoms with Crippen molar-refractivity contribution in [1.82, 2.24) is 5.32 Å². The lowest BCUT2D eigenvalue weighted by Crippen LogP contribution is -2.62. The molecule has 1 saturated heterocycles. The number of hydrogen-bond acceptors (Lipinski definition) is 4. The van der Waals surface area contributed by atoms with Crippen LogP contribution in [0.3, 0.4) is 0 Å². The molecule has 17 heavy (non-hydrogen) atoms. The van der Waals surface area contributed by atoms with Gasteiger partial charge >= 0.3 is 5.97 Å². The summed E-state index contributed by atoms with van der Waals surface area (Å²) < 4.78 is 11.1. The van der Waals surface area contributed by atoms with Crippen LogP contribution in [0.2, 0.25) is 0 Å². The number of carbonyl (C=O) groups excluding carboxylic acids is 1. The van der Waals surface area contributed by atoms with Crippen LogP contribution in [0.1, 0.15) is 21.5 Å². The van der Waals surface area contributed by atoms with Gasteiger partial charge in [0.1, 0.15) is 12.4 Å². The molecule has 4 heteroatoms. The van der Waals surface area contributed by atoms with Gasteiger partial charge in [0.05, 0.1) is 5.56 Å². The van der Waals surface area contributed by atoms with Gasteiger partial charge in [-0.2, -0.15) is 0 Å². The van der Waals surface area contributed by atoms with Gasteiger partial charge in [0.15, 0.2) is 5.60 Å². The quantitative estimate of drug-likeness (QED) is 0.677. The zero-order chi connectivity index (χ0) is 11.5. The molecule has 0 radical (unpaired) electrons. The van der Waals surface area contributed by atoms with Gasteiger partial charge in [-0.05, 0) is 12.1 Å². The van der Waals surface area contributed by atoms with E-state index in [1.54, 1.807) is 0 Å². The molecule has 1 N–H and O–H groups in total. The van der Waals surface area contributed by atoms with Crippen LogP contribution in [0.25, 0.3) is 6.08 Å². The second-order valence-electron chi connectivity index (χ2n) is 4.69. The molecule has 3 aliphatic rings. The zero-order valence-electron chi connectivity index (χ0n) is 9.16. The van der Waals surface area contributed by atoms with Gasteiger partial charge in [0.2, 0.25) is 0 Å². The normalized spacial score (nSPS) is 22.5. The molecule has 0 atom stereocenters. The third-order valence-electron chi connectivity index (χ3n) is 3.58. The maximum atomic E-state index is 11.5. The predicted octanol–water partition coefficient (Wildman–Crippen LogP) is 1.10. The number of esters is 1. The summed E-state index contributed by atoms with van der Waals surface area (Å²) >= 11 is 0. The molecule has 86 valence electrons. The van der Waals surface area contributed by atoms with Crippen molar-refractivity contribution in [1.29, 1.82) is 0 Å². The first-order chi connectivity index (χ1) is 8.27. The maximum Gasteiger partial charge on any atom is 0.339 e. The molecule has 4 rings (SSSR count). The van der Waals surface area contributed by atoms with Crippen molar-refractivity contribution in [3.63, 3.8) is 0 Å². The van der Waals surface area contributed by atoms with Gasteiger partial charge in [-0.25, -0.2) is 4.79 Å². The van der Waals surface area contributed by atoms with E-state index in [1.807, 2.05) is 12.1 Å². The summed E-state index contributed by atoms with van der Waals surface area (Å²) in [5, 5.41) is 3.20. The Bertz CT molecular complexity index is 558. The summed E-state index contributed by atoms with van der Waals surface area (Å²) in [5.41, 5.74) is 2.34. The summed E-state index contributed by atoms with van der Waals surface area (Å²) in [7, 11) is 0. The van der Waals surface area contributed by atoms with Gasteiger partial charge < -0.3 is 14.8 Å². The van der Waals surface area contributed by atoms with E-state index in [2.05, 4.69) is 17.5 Å². The molecular weight excluding hydrogens is 218 g/mol. The van der Waals surface area contributed by atoms with Gasteiger partial charge in [-0.3, -0.25) is 0 Å². The number of fused-ring (bicyclic) bond motifs is 3. The molecule has 0 saturated carbocycles. The van der Waals surface area contributed by atoms with E-state index in [4.69, 9.17) is 9.47 Å². The topological polar surface area (TPSA) is 47.6 Å². The zero-order valence-corrected chi connectivity index (χ0v) is 9.16. The van der Waals surface area contributed by atoms with Crippen molar-refractivity contribution in [2.45, 2.75) is 12.2 Å². The fraction of sp³-hybridized carbons (Fsp3) is 0.308. The number of ether oxygens (including phenoxy) is 2. The Morgan fingerprint density at radius 2 is 2.18 bits per heavy atom. The third-order valence-corrected chi connectivity index (χ3v) is 3.58. The predicted molar refractivity (Wildman–Crippen MR) is 60.8 cm³/mol.